The van der Waals surface area contributed by atoms with E-state index in [-0.39, 0.29) is 37.5 Å². The van der Waals surface area contributed by atoms with Gasteiger partial charge in [0.1, 0.15) is 17.6 Å². The van der Waals surface area contributed by atoms with Gasteiger partial charge in [-0.3, -0.25) is 4.79 Å². The second-order valence-corrected chi connectivity index (χ2v) is 11.1. The van der Waals surface area contributed by atoms with Gasteiger partial charge < -0.3 is 25.5 Å². The molecule has 8 nitrogen and oxygen atoms in total. The van der Waals surface area contributed by atoms with Gasteiger partial charge in [0.25, 0.3) is 5.91 Å². The van der Waals surface area contributed by atoms with E-state index in [0.717, 1.165) is 35.6 Å². The summed E-state index contributed by atoms with van der Waals surface area (Å²) in [5, 5.41) is 22.1. The van der Waals surface area contributed by atoms with E-state index in [2.05, 4.69) is 42.9 Å². The molecule has 0 aliphatic carbocycles. The van der Waals surface area contributed by atoms with E-state index < -0.39 is 0 Å². The molecule has 40 heavy (non-hydrogen) atoms. The molecule has 3 rings (SSSR count). The third-order valence-corrected chi connectivity index (χ3v) is 6.32. The molecule has 1 atom stereocenters. The molecule has 0 fully saturated rings. The van der Waals surface area contributed by atoms with Crippen molar-refractivity contribution >= 4 is 5.91 Å². The maximum Gasteiger partial charge on any atom is 0.251 e. The number of hydrogen-bond donors (Lipinski definition) is 3. The molecule has 8 heteroatoms. The number of benzene rings is 2. The minimum atomic E-state index is -0.296. The van der Waals surface area contributed by atoms with Crippen molar-refractivity contribution in [2.45, 2.75) is 85.4 Å². The lowest BCUT2D eigenvalue weighted by Gasteiger charge is -2.19. The van der Waals surface area contributed by atoms with Gasteiger partial charge in [0.05, 0.1) is 17.4 Å². The van der Waals surface area contributed by atoms with E-state index in [1.807, 2.05) is 38.1 Å². The molecule has 0 saturated heterocycles. The summed E-state index contributed by atoms with van der Waals surface area (Å²) in [6.45, 7) is 11.7. The Kier molecular flexibility index (Phi) is 11.9. The molecule has 0 saturated carbocycles. The lowest BCUT2D eigenvalue weighted by molar-refractivity contribution is 0.0930. The quantitative estimate of drug-likeness (QED) is 0.286. The number of nitrogens with one attached hydrogen (secondary N) is 1. The highest BCUT2D eigenvalue weighted by Gasteiger charge is 2.22. The van der Waals surface area contributed by atoms with Gasteiger partial charge in [0.15, 0.2) is 0 Å². The first-order valence-corrected chi connectivity index (χ1v) is 13.5. The van der Waals surface area contributed by atoms with Crippen LogP contribution in [0.25, 0.3) is 11.3 Å². The van der Waals surface area contributed by atoms with E-state index >= 15 is 0 Å². The molecule has 0 bridgehead atoms. The number of rotatable bonds is 12. The molecule has 0 spiro atoms. The number of aliphatic hydroxyl groups is 1. The van der Waals surface area contributed by atoms with Crippen LogP contribution >= 0.6 is 0 Å². The molecule has 1 amide bonds. The van der Waals surface area contributed by atoms with Crippen LogP contribution in [-0.2, 0) is 18.4 Å². The van der Waals surface area contributed by atoms with Crippen LogP contribution in [0.1, 0.15) is 82.2 Å². The van der Waals surface area contributed by atoms with Gasteiger partial charge in [-0.25, -0.2) is 4.98 Å². The fourth-order valence-electron chi connectivity index (χ4n) is 4.45. The van der Waals surface area contributed by atoms with Gasteiger partial charge in [-0.1, -0.05) is 52.5 Å². The lowest BCUT2D eigenvalue weighted by atomic mass is 9.95. The summed E-state index contributed by atoms with van der Waals surface area (Å²) in [6.07, 6.45) is 3.87. The summed E-state index contributed by atoms with van der Waals surface area (Å²) in [4.78, 5) is 17.9. The molecule has 1 heterocycles. The Hall–Kier alpha value is -3.67. The van der Waals surface area contributed by atoms with E-state index in [1.165, 1.54) is 6.07 Å². The molecule has 0 aliphatic heterocycles. The van der Waals surface area contributed by atoms with E-state index in [1.54, 1.807) is 12.1 Å². The van der Waals surface area contributed by atoms with Crippen LogP contribution < -0.4 is 15.8 Å². The number of aliphatic hydroxyl groups excluding tert-OH is 1. The molecule has 0 radical (unpaired) electrons. The van der Waals surface area contributed by atoms with Crippen molar-refractivity contribution in [1.82, 2.24) is 14.9 Å². The number of amides is 1. The number of imidazole rings is 1. The normalized spacial score (nSPS) is 12.0. The van der Waals surface area contributed by atoms with Crippen molar-refractivity contribution in [3.8, 4) is 23.1 Å². The van der Waals surface area contributed by atoms with E-state index in [9.17, 15) is 15.2 Å². The van der Waals surface area contributed by atoms with Crippen LogP contribution in [-0.4, -0.2) is 45.9 Å². The number of hydrogen-bond acceptors (Lipinski definition) is 6. The van der Waals surface area contributed by atoms with Gasteiger partial charge in [-0.2, -0.15) is 5.26 Å². The number of nitrogens with zero attached hydrogens (tertiary/aromatic N) is 3. The van der Waals surface area contributed by atoms with Crippen molar-refractivity contribution in [2.24, 2.45) is 5.73 Å². The molecule has 4 N–H and O–H groups in total. The zero-order valence-electron chi connectivity index (χ0n) is 23.7. The standard InChI is InChI=1S/C31H41N5O3.CH4/c1-21(2)39-28-12-11-24(18-25(28)19-33)29(38)34-26(13-16-37)17-22-7-9-23(10-8-22)27-20-36(15-6-14-32)30(35-27)31(3,4)5;/h7-12,18,20-21,26,37H,6,13-17,32H2,1-5H3,(H,34,38);1H4/t26-;/m1./s1. The predicted molar refractivity (Wildman–Crippen MR) is 160 cm³/mol. The van der Waals surface area contributed by atoms with E-state index in [0.29, 0.717) is 36.3 Å². The van der Waals surface area contributed by atoms with Crippen LogP contribution in [0, 0.1) is 11.3 Å². The highest BCUT2D eigenvalue weighted by atomic mass is 16.5. The lowest BCUT2D eigenvalue weighted by Crippen LogP contribution is -2.37. The summed E-state index contributed by atoms with van der Waals surface area (Å²) in [6, 6.07) is 14.8. The van der Waals surface area contributed by atoms with Crippen LogP contribution in [0.4, 0.5) is 0 Å². The van der Waals surface area contributed by atoms with Crippen molar-refractivity contribution in [2.75, 3.05) is 13.2 Å². The van der Waals surface area contributed by atoms with Crippen LogP contribution in [0.5, 0.6) is 5.75 Å². The van der Waals surface area contributed by atoms with Crippen molar-refractivity contribution < 1.29 is 14.6 Å². The summed E-state index contributed by atoms with van der Waals surface area (Å²) >= 11 is 0. The topological polar surface area (TPSA) is 126 Å². The average molecular weight is 548 g/mol. The van der Waals surface area contributed by atoms with Gasteiger partial charge >= 0.3 is 0 Å². The maximum atomic E-state index is 13.0. The van der Waals surface area contributed by atoms with Gasteiger partial charge in [-0.05, 0) is 63.4 Å². The Morgan fingerprint density at radius 3 is 2.48 bits per heavy atom. The number of aryl methyl sites for hydroxylation is 1. The molecule has 216 valence electrons. The smallest absolute Gasteiger partial charge is 0.251 e. The molecule has 2 aromatic carbocycles. The maximum absolute atomic E-state index is 13.0. The van der Waals surface area contributed by atoms with Crippen molar-refractivity contribution in [1.29, 1.82) is 5.26 Å². The molecule has 0 aliphatic rings. The first kappa shape index (κ1) is 32.5. The molecule has 1 aromatic heterocycles. The summed E-state index contributed by atoms with van der Waals surface area (Å²) in [7, 11) is 0. The summed E-state index contributed by atoms with van der Waals surface area (Å²) in [5.41, 5.74) is 9.31. The van der Waals surface area contributed by atoms with Crippen molar-refractivity contribution in [3.63, 3.8) is 0 Å². The number of nitrogens with two attached hydrogens (primary N) is 1. The number of carbonyl (C=O) groups excluding carboxylic acids is 1. The summed E-state index contributed by atoms with van der Waals surface area (Å²) < 4.78 is 7.85. The average Bonchev–Trinajstić information content (AvgIpc) is 3.33. The summed E-state index contributed by atoms with van der Waals surface area (Å²) in [5.74, 6) is 1.19. The Morgan fingerprint density at radius 2 is 1.90 bits per heavy atom. The second kappa shape index (κ2) is 14.6. The van der Waals surface area contributed by atoms with Crippen LogP contribution in [0.15, 0.2) is 48.7 Å². The van der Waals surface area contributed by atoms with Crippen LogP contribution in [0.3, 0.4) is 0 Å². The number of ether oxygens (including phenoxy) is 1. The zero-order chi connectivity index (χ0) is 28.6. The molecular formula is C32H45N5O3. The first-order chi connectivity index (χ1) is 18.5. The minimum absolute atomic E-state index is 0. The largest absolute Gasteiger partial charge is 0.490 e. The van der Waals surface area contributed by atoms with Gasteiger partial charge in [0.2, 0.25) is 0 Å². The number of nitriles is 1. The van der Waals surface area contributed by atoms with Crippen molar-refractivity contribution in [3.05, 3.63) is 71.2 Å². The monoisotopic (exact) mass is 547 g/mol. The van der Waals surface area contributed by atoms with E-state index in [4.69, 9.17) is 15.5 Å². The first-order valence-electron chi connectivity index (χ1n) is 13.5. The Balaban J connectivity index is 0.00000560. The minimum Gasteiger partial charge on any atom is -0.490 e. The SMILES string of the molecule is C.CC(C)Oc1ccc(C(=O)N[C@H](CCO)Cc2ccc(-c3cn(CCCN)c(C(C)(C)C)n3)cc2)cc1C#N. The predicted octanol–water partition coefficient (Wildman–Crippen LogP) is 5.21. The fourth-order valence-corrected chi connectivity index (χ4v) is 4.45. The Morgan fingerprint density at radius 1 is 1.20 bits per heavy atom. The Labute approximate surface area is 239 Å². The third kappa shape index (κ3) is 8.67. The fraction of sp³-hybridized carbons (Fsp3) is 0.469. The van der Waals surface area contributed by atoms with Gasteiger partial charge in [0, 0.05) is 41.9 Å². The second-order valence-electron chi connectivity index (χ2n) is 11.1. The Bertz CT molecular complexity index is 1280. The number of aromatic nitrogens is 2. The highest BCUT2D eigenvalue weighted by molar-refractivity contribution is 5.95. The van der Waals surface area contributed by atoms with Gasteiger partial charge in [-0.15, -0.1) is 0 Å². The molecule has 3 aromatic rings. The highest BCUT2D eigenvalue weighted by Crippen LogP contribution is 2.27. The number of carbonyl (C=O) groups is 1. The molecular weight excluding hydrogens is 502 g/mol. The zero-order valence-corrected chi connectivity index (χ0v) is 23.7. The van der Waals surface area contributed by atoms with Crippen LogP contribution in [0.2, 0.25) is 0 Å². The third-order valence-electron chi connectivity index (χ3n) is 6.32. The molecule has 0 unspecified atom stereocenters.